The first-order valence-corrected chi connectivity index (χ1v) is 14.9. The molecule has 5 rings (SSSR count). The van der Waals surface area contributed by atoms with Crippen LogP contribution in [-0.4, -0.2) is 45.7 Å². The molecule has 0 radical (unpaired) electrons. The molecule has 2 aromatic carbocycles. The third-order valence-electron chi connectivity index (χ3n) is 7.30. The van der Waals surface area contributed by atoms with E-state index in [1.54, 1.807) is 42.4 Å². The molecule has 0 fully saturated rings. The minimum absolute atomic E-state index is 0.00908. The molecule has 5 aromatic rings. The number of hydrogen-bond donors (Lipinski definition) is 0. The van der Waals surface area contributed by atoms with Crippen molar-refractivity contribution in [1.82, 2.24) is 19.5 Å². The minimum atomic E-state index is -0.734. The molecule has 0 unspecified atom stereocenters. The van der Waals surface area contributed by atoms with Gasteiger partial charge in [-0.15, -0.1) is 0 Å². The summed E-state index contributed by atoms with van der Waals surface area (Å²) >= 11 is 5.92. The number of rotatable bonds is 10. The number of aliphatic imine (C=N–C) groups is 2. The molecule has 0 aliphatic rings. The lowest BCUT2D eigenvalue weighted by Gasteiger charge is -2.23. The molecule has 0 aliphatic heterocycles. The molecule has 3 aromatic heterocycles. The van der Waals surface area contributed by atoms with E-state index in [-0.39, 0.29) is 28.6 Å². The van der Waals surface area contributed by atoms with Gasteiger partial charge in [0.25, 0.3) is 0 Å². The average Bonchev–Trinajstić information content (AvgIpc) is 3.01. The van der Waals surface area contributed by atoms with Crippen LogP contribution in [0.3, 0.4) is 0 Å². The predicted octanol–water partition coefficient (Wildman–Crippen LogP) is 7.41. The Labute approximate surface area is 264 Å². The summed E-state index contributed by atoms with van der Waals surface area (Å²) < 4.78 is 31.9. The Balaban J connectivity index is 1.52. The summed E-state index contributed by atoms with van der Waals surface area (Å²) in [5, 5.41) is 0.970. The second-order valence-electron chi connectivity index (χ2n) is 10.9. The zero-order chi connectivity index (χ0) is 32.1. The third-order valence-corrected chi connectivity index (χ3v) is 7.55. The van der Waals surface area contributed by atoms with Crippen molar-refractivity contribution in [1.29, 1.82) is 0 Å². The summed E-state index contributed by atoms with van der Waals surface area (Å²) in [4.78, 5) is 37.5. The summed E-state index contributed by atoms with van der Waals surface area (Å²) in [7, 11) is 1.77. The van der Waals surface area contributed by atoms with E-state index in [9.17, 15) is 9.18 Å². The first-order valence-electron chi connectivity index (χ1n) is 14.5. The number of nitrogens with zero attached hydrogens (tertiary/aromatic N) is 7. The Hall–Kier alpha value is -4.79. The number of benzene rings is 2. The van der Waals surface area contributed by atoms with Gasteiger partial charge in [0.15, 0.2) is 5.65 Å². The lowest BCUT2D eigenvalue weighted by atomic mass is 10.0. The molecule has 0 spiro atoms. The molecule has 45 heavy (non-hydrogen) atoms. The lowest BCUT2D eigenvalue weighted by Crippen LogP contribution is -2.30. The zero-order valence-electron chi connectivity index (χ0n) is 25.4. The third kappa shape index (κ3) is 6.98. The first-order chi connectivity index (χ1) is 21.7. The van der Waals surface area contributed by atoms with Crippen molar-refractivity contribution < 1.29 is 8.78 Å². The number of anilines is 1. The van der Waals surface area contributed by atoms with E-state index in [0.717, 1.165) is 11.1 Å². The number of fused-ring (bicyclic) bond motifs is 1. The summed E-state index contributed by atoms with van der Waals surface area (Å²) in [5.41, 5.74) is 2.30. The Morgan fingerprint density at radius 3 is 2.51 bits per heavy atom. The van der Waals surface area contributed by atoms with Gasteiger partial charge in [-0.1, -0.05) is 49.7 Å². The van der Waals surface area contributed by atoms with Gasteiger partial charge in [0.1, 0.15) is 23.1 Å². The van der Waals surface area contributed by atoms with E-state index >= 15 is 4.39 Å². The molecule has 230 valence electrons. The van der Waals surface area contributed by atoms with E-state index in [1.165, 1.54) is 28.8 Å². The van der Waals surface area contributed by atoms with Crippen LogP contribution >= 0.6 is 11.6 Å². The predicted molar refractivity (Wildman–Crippen MR) is 175 cm³/mol. The van der Waals surface area contributed by atoms with Crippen molar-refractivity contribution >= 4 is 34.5 Å². The van der Waals surface area contributed by atoms with Crippen molar-refractivity contribution in [3.63, 3.8) is 0 Å². The van der Waals surface area contributed by atoms with Crippen LogP contribution in [0.25, 0.3) is 28.0 Å². The minimum Gasteiger partial charge on any atom is -0.359 e. The molecular weight excluding hydrogens is 596 g/mol. The quantitative estimate of drug-likeness (QED) is 0.119. The van der Waals surface area contributed by atoms with Gasteiger partial charge in [-0.3, -0.25) is 4.98 Å². The van der Waals surface area contributed by atoms with Crippen LogP contribution in [0, 0.1) is 18.6 Å². The van der Waals surface area contributed by atoms with Crippen molar-refractivity contribution in [2.24, 2.45) is 9.98 Å². The van der Waals surface area contributed by atoms with Crippen molar-refractivity contribution in [2.75, 3.05) is 25.0 Å². The van der Waals surface area contributed by atoms with E-state index in [0.29, 0.717) is 47.8 Å². The van der Waals surface area contributed by atoms with Crippen LogP contribution in [-0.2, 0) is 6.54 Å². The highest BCUT2D eigenvalue weighted by Crippen LogP contribution is 2.32. The largest absolute Gasteiger partial charge is 0.359 e. The molecule has 0 atom stereocenters. The topological polar surface area (TPSA) is 88.6 Å². The average molecular weight is 628 g/mol. The summed E-state index contributed by atoms with van der Waals surface area (Å²) in [6, 6.07) is 19.0. The number of pyridine rings is 2. The summed E-state index contributed by atoms with van der Waals surface area (Å²) in [6.45, 7) is 7.12. The molecule has 0 amide bonds. The van der Waals surface area contributed by atoms with Crippen LogP contribution in [0.2, 0.25) is 5.02 Å². The highest BCUT2D eigenvalue weighted by molar-refractivity contribution is 6.30. The highest BCUT2D eigenvalue weighted by Gasteiger charge is 2.24. The van der Waals surface area contributed by atoms with E-state index in [4.69, 9.17) is 11.6 Å². The monoisotopic (exact) mass is 627 g/mol. The molecule has 11 heteroatoms. The molecular formula is C34H32ClF2N7O. The van der Waals surface area contributed by atoms with Gasteiger partial charge in [-0.2, -0.15) is 4.98 Å². The van der Waals surface area contributed by atoms with Crippen LogP contribution in [0.4, 0.5) is 14.6 Å². The van der Waals surface area contributed by atoms with Gasteiger partial charge >= 0.3 is 5.69 Å². The molecule has 0 N–H and O–H groups in total. The second-order valence-corrected chi connectivity index (χ2v) is 11.4. The van der Waals surface area contributed by atoms with Crippen LogP contribution in [0.15, 0.2) is 81.6 Å². The zero-order valence-corrected chi connectivity index (χ0v) is 26.2. The number of hydrogen-bond acceptors (Lipinski definition) is 7. The number of halogens is 3. The number of aryl methyl sites for hydroxylation is 1. The maximum absolute atomic E-state index is 15.7. The van der Waals surface area contributed by atoms with Crippen LogP contribution in [0.5, 0.6) is 0 Å². The Bertz CT molecular complexity index is 1970. The molecule has 0 bridgehead atoms. The van der Waals surface area contributed by atoms with Gasteiger partial charge in [-0.05, 0) is 66.8 Å². The Kier molecular flexibility index (Phi) is 9.76. The van der Waals surface area contributed by atoms with Crippen LogP contribution < -0.4 is 10.6 Å². The van der Waals surface area contributed by atoms with E-state index in [1.807, 2.05) is 32.9 Å². The summed E-state index contributed by atoms with van der Waals surface area (Å²) in [5.74, 6) is -1.14. The van der Waals surface area contributed by atoms with Gasteiger partial charge in [0, 0.05) is 30.4 Å². The standard InChI is InChI=1S/C34H32ClF2N7O/c1-21(2)29-31(22(3)14-16-40-29)44-33-26(18-28(37)30(41-33)25-8-5-6-9-27(25)36)32(42-34(44)45)43(4)17-7-15-38-20-39-19-23-10-12-24(35)13-11-23/h5-6,8-14,16,18,21H,7,15,17,19H2,1-4H3. The smallest absolute Gasteiger partial charge is 0.355 e. The molecule has 0 aliphatic carbocycles. The molecule has 8 nitrogen and oxygen atoms in total. The fourth-order valence-electron chi connectivity index (χ4n) is 5.03. The fraction of sp³-hybridized carbons (Fsp3) is 0.265. The second kappa shape index (κ2) is 13.9. The van der Waals surface area contributed by atoms with Gasteiger partial charge in [0.05, 0.1) is 35.9 Å². The van der Waals surface area contributed by atoms with Crippen molar-refractivity contribution in [3.8, 4) is 16.9 Å². The Morgan fingerprint density at radius 1 is 1.02 bits per heavy atom. The SMILES string of the molecule is Cc1ccnc(C(C)C)c1-n1c(=O)nc(N(C)CCCN=C=NCc2ccc(Cl)cc2)c2cc(F)c(-c3ccccc3F)nc21. The van der Waals surface area contributed by atoms with Crippen LogP contribution in [0.1, 0.15) is 43.0 Å². The molecule has 0 saturated heterocycles. The Morgan fingerprint density at radius 2 is 1.78 bits per heavy atom. The van der Waals surface area contributed by atoms with E-state index < -0.39 is 17.3 Å². The first kappa shape index (κ1) is 31.6. The maximum Gasteiger partial charge on any atom is 0.355 e. The van der Waals surface area contributed by atoms with Gasteiger partial charge in [-0.25, -0.2) is 33.1 Å². The highest BCUT2D eigenvalue weighted by atomic mass is 35.5. The van der Waals surface area contributed by atoms with E-state index in [2.05, 4.69) is 30.9 Å². The van der Waals surface area contributed by atoms with Gasteiger partial charge < -0.3 is 4.90 Å². The maximum atomic E-state index is 15.7. The number of aromatic nitrogens is 4. The normalized spacial score (nSPS) is 11.1. The lowest BCUT2D eigenvalue weighted by molar-refractivity contribution is 0.612. The molecule has 0 saturated carbocycles. The molecule has 3 heterocycles. The fourth-order valence-corrected chi connectivity index (χ4v) is 5.16. The van der Waals surface area contributed by atoms with Gasteiger partial charge in [0.2, 0.25) is 0 Å². The van der Waals surface area contributed by atoms with Crippen molar-refractivity contribution in [3.05, 3.63) is 111 Å². The summed E-state index contributed by atoms with van der Waals surface area (Å²) in [6.07, 6.45) is 2.27. The van der Waals surface area contributed by atoms with Crippen molar-refractivity contribution in [2.45, 2.75) is 39.7 Å².